The molecule has 0 bridgehead atoms. The van der Waals surface area contributed by atoms with Crippen LogP contribution >= 0.6 is 0 Å². The number of hydrogen-bond acceptors (Lipinski definition) is 7. The van der Waals surface area contributed by atoms with Gasteiger partial charge in [-0.3, -0.25) is 4.79 Å². The molecule has 0 radical (unpaired) electrons. The van der Waals surface area contributed by atoms with Crippen LogP contribution in [0.3, 0.4) is 0 Å². The molecule has 2 aromatic heterocycles. The first kappa shape index (κ1) is 14.9. The Hall–Kier alpha value is -2.64. The van der Waals surface area contributed by atoms with Crippen LogP contribution in [0.2, 0.25) is 0 Å². The van der Waals surface area contributed by atoms with Gasteiger partial charge in [-0.15, -0.1) is 0 Å². The Kier molecular flexibility index (Phi) is 4.02. The van der Waals surface area contributed by atoms with Crippen molar-refractivity contribution in [1.29, 1.82) is 0 Å². The molecule has 0 unspecified atom stereocenters. The monoisotopic (exact) mass is 328 g/mol. The maximum Gasteiger partial charge on any atom is 0.292 e. The Morgan fingerprint density at radius 2 is 1.75 bits per heavy atom. The SMILES string of the molecule is O=C(c1ccno1)N1CCN(c2ccnc(N3CCCC3)n2)CC1. The lowest BCUT2D eigenvalue weighted by atomic mass is 10.3. The van der Waals surface area contributed by atoms with Crippen molar-refractivity contribution in [3.8, 4) is 0 Å². The second kappa shape index (κ2) is 6.46. The van der Waals surface area contributed by atoms with Gasteiger partial charge in [0.1, 0.15) is 5.82 Å². The van der Waals surface area contributed by atoms with Gasteiger partial charge in [0.15, 0.2) is 0 Å². The molecule has 0 aromatic carbocycles. The first-order valence-electron chi connectivity index (χ1n) is 8.34. The zero-order valence-electron chi connectivity index (χ0n) is 13.5. The van der Waals surface area contributed by atoms with E-state index in [1.807, 2.05) is 12.3 Å². The predicted octanol–water partition coefficient (Wildman–Crippen LogP) is 1.03. The highest BCUT2D eigenvalue weighted by atomic mass is 16.5. The molecule has 2 aliphatic rings. The van der Waals surface area contributed by atoms with Crippen molar-refractivity contribution in [3.05, 3.63) is 30.3 Å². The van der Waals surface area contributed by atoms with Gasteiger partial charge >= 0.3 is 0 Å². The molecule has 2 aliphatic heterocycles. The molecule has 0 N–H and O–H groups in total. The quantitative estimate of drug-likeness (QED) is 0.832. The standard InChI is InChI=1S/C16H20N6O2/c23-15(13-3-6-18-24-13)21-11-9-20(10-12-21)14-4-5-17-16(19-14)22-7-1-2-8-22/h3-6H,1-2,7-12H2. The summed E-state index contributed by atoms with van der Waals surface area (Å²) in [6.07, 6.45) is 5.72. The molecule has 4 rings (SSSR count). The number of nitrogens with zero attached hydrogens (tertiary/aromatic N) is 6. The highest BCUT2D eigenvalue weighted by Gasteiger charge is 2.25. The van der Waals surface area contributed by atoms with Crippen LogP contribution in [0.1, 0.15) is 23.4 Å². The third-order valence-corrected chi connectivity index (χ3v) is 4.56. The van der Waals surface area contributed by atoms with E-state index in [4.69, 9.17) is 9.51 Å². The number of aromatic nitrogens is 3. The minimum Gasteiger partial charge on any atom is -0.353 e. The van der Waals surface area contributed by atoms with Crippen LogP contribution in [-0.2, 0) is 0 Å². The first-order chi connectivity index (χ1) is 11.8. The van der Waals surface area contributed by atoms with Gasteiger partial charge in [0.2, 0.25) is 11.7 Å². The number of amides is 1. The Balaban J connectivity index is 1.40. The van der Waals surface area contributed by atoms with E-state index in [2.05, 4.69) is 19.9 Å². The largest absolute Gasteiger partial charge is 0.353 e. The molecule has 2 fully saturated rings. The van der Waals surface area contributed by atoms with E-state index in [1.165, 1.54) is 19.0 Å². The molecular weight excluding hydrogens is 308 g/mol. The van der Waals surface area contributed by atoms with Crippen molar-refractivity contribution in [1.82, 2.24) is 20.0 Å². The zero-order valence-corrected chi connectivity index (χ0v) is 13.5. The van der Waals surface area contributed by atoms with E-state index in [9.17, 15) is 4.79 Å². The van der Waals surface area contributed by atoms with Crippen LogP contribution in [0.4, 0.5) is 11.8 Å². The number of piperazine rings is 1. The second-order valence-corrected chi connectivity index (χ2v) is 6.06. The lowest BCUT2D eigenvalue weighted by Crippen LogP contribution is -2.49. The predicted molar refractivity (Wildman–Crippen MR) is 88.1 cm³/mol. The Bertz CT molecular complexity index is 690. The minimum atomic E-state index is -0.104. The molecule has 0 atom stereocenters. The summed E-state index contributed by atoms with van der Waals surface area (Å²) in [4.78, 5) is 27.6. The number of carbonyl (C=O) groups excluding carboxylic acids is 1. The molecule has 126 valence electrons. The maximum absolute atomic E-state index is 12.3. The third kappa shape index (κ3) is 2.91. The fraction of sp³-hybridized carbons (Fsp3) is 0.500. The Morgan fingerprint density at radius 3 is 2.46 bits per heavy atom. The van der Waals surface area contributed by atoms with E-state index >= 15 is 0 Å². The lowest BCUT2D eigenvalue weighted by molar-refractivity contribution is 0.0704. The van der Waals surface area contributed by atoms with Crippen molar-refractivity contribution < 1.29 is 9.32 Å². The normalized spacial score (nSPS) is 18.2. The molecule has 0 aliphatic carbocycles. The summed E-state index contributed by atoms with van der Waals surface area (Å²) in [5, 5.41) is 3.59. The van der Waals surface area contributed by atoms with Gasteiger partial charge in [0.05, 0.1) is 6.20 Å². The topological polar surface area (TPSA) is 78.6 Å². The van der Waals surface area contributed by atoms with Crippen LogP contribution in [0.5, 0.6) is 0 Å². The zero-order chi connectivity index (χ0) is 16.4. The summed E-state index contributed by atoms with van der Waals surface area (Å²) in [6.45, 7) is 4.84. The summed E-state index contributed by atoms with van der Waals surface area (Å²) in [5.41, 5.74) is 0. The van der Waals surface area contributed by atoms with Crippen LogP contribution in [0.15, 0.2) is 29.0 Å². The average Bonchev–Trinajstić information content (AvgIpc) is 3.35. The van der Waals surface area contributed by atoms with E-state index in [0.29, 0.717) is 18.8 Å². The molecule has 1 amide bonds. The van der Waals surface area contributed by atoms with Crippen molar-refractivity contribution in [2.24, 2.45) is 0 Å². The molecular formula is C16H20N6O2. The van der Waals surface area contributed by atoms with Gasteiger partial charge in [-0.1, -0.05) is 5.16 Å². The highest BCUT2D eigenvalue weighted by Crippen LogP contribution is 2.20. The van der Waals surface area contributed by atoms with Gasteiger partial charge in [-0.05, 0) is 18.9 Å². The van der Waals surface area contributed by atoms with Gasteiger partial charge in [0, 0.05) is 51.5 Å². The molecule has 8 nitrogen and oxygen atoms in total. The van der Waals surface area contributed by atoms with E-state index < -0.39 is 0 Å². The average molecular weight is 328 g/mol. The summed E-state index contributed by atoms with van der Waals surface area (Å²) in [7, 11) is 0. The summed E-state index contributed by atoms with van der Waals surface area (Å²) in [6, 6.07) is 3.54. The molecule has 0 saturated carbocycles. The van der Waals surface area contributed by atoms with E-state index in [0.717, 1.165) is 37.9 Å². The molecule has 2 aromatic rings. The summed E-state index contributed by atoms with van der Waals surface area (Å²) in [5.74, 6) is 1.93. The maximum atomic E-state index is 12.3. The number of hydrogen-bond donors (Lipinski definition) is 0. The second-order valence-electron chi connectivity index (χ2n) is 6.06. The molecule has 2 saturated heterocycles. The van der Waals surface area contributed by atoms with Crippen LogP contribution in [0.25, 0.3) is 0 Å². The van der Waals surface area contributed by atoms with Gasteiger partial charge in [0.25, 0.3) is 5.91 Å². The van der Waals surface area contributed by atoms with E-state index in [-0.39, 0.29) is 5.91 Å². The van der Waals surface area contributed by atoms with Gasteiger partial charge in [-0.25, -0.2) is 4.98 Å². The van der Waals surface area contributed by atoms with Crippen LogP contribution in [-0.4, -0.2) is 65.2 Å². The summed E-state index contributed by atoms with van der Waals surface area (Å²) >= 11 is 0. The van der Waals surface area contributed by atoms with E-state index in [1.54, 1.807) is 11.0 Å². The number of rotatable bonds is 3. The van der Waals surface area contributed by atoms with Gasteiger partial charge < -0.3 is 19.2 Å². The Morgan fingerprint density at radius 1 is 0.958 bits per heavy atom. The van der Waals surface area contributed by atoms with Crippen molar-refractivity contribution in [2.45, 2.75) is 12.8 Å². The molecule has 4 heterocycles. The number of carbonyl (C=O) groups is 1. The van der Waals surface area contributed by atoms with Crippen LogP contribution in [0, 0.1) is 0 Å². The summed E-state index contributed by atoms with van der Waals surface area (Å²) < 4.78 is 4.95. The minimum absolute atomic E-state index is 0.104. The van der Waals surface area contributed by atoms with Crippen molar-refractivity contribution >= 4 is 17.7 Å². The highest BCUT2D eigenvalue weighted by molar-refractivity contribution is 5.91. The number of anilines is 2. The molecule has 24 heavy (non-hydrogen) atoms. The first-order valence-corrected chi connectivity index (χ1v) is 8.34. The van der Waals surface area contributed by atoms with Crippen LogP contribution < -0.4 is 9.80 Å². The van der Waals surface area contributed by atoms with Crippen molar-refractivity contribution in [3.63, 3.8) is 0 Å². The fourth-order valence-electron chi connectivity index (χ4n) is 3.21. The Labute approximate surface area is 140 Å². The fourth-order valence-corrected chi connectivity index (χ4v) is 3.21. The molecule has 0 spiro atoms. The van der Waals surface area contributed by atoms with Crippen molar-refractivity contribution in [2.75, 3.05) is 49.1 Å². The molecule has 8 heteroatoms. The lowest BCUT2D eigenvalue weighted by Gasteiger charge is -2.35. The smallest absolute Gasteiger partial charge is 0.292 e. The van der Waals surface area contributed by atoms with Gasteiger partial charge in [-0.2, -0.15) is 4.98 Å². The third-order valence-electron chi connectivity index (χ3n) is 4.56.